The molecule has 1 fully saturated rings. The Morgan fingerprint density at radius 3 is 2.73 bits per heavy atom. The van der Waals surface area contributed by atoms with Crippen LogP contribution in [-0.4, -0.2) is 48.9 Å². The Balaban J connectivity index is 1.41. The van der Waals surface area contributed by atoms with E-state index in [-0.39, 0.29) is 12.4 Å². The minimum absolute atomic E-state index is 0.195. The Morgan fingerprint density at radius 1 is 1.13 bits per heavy atom. The smallest absolute Gasteiger partial charge is 0.123 e. The van der Waals surface area contributed by atoms with Crippen LogP contribution in [0.5, 0.6) is 5.75 Å². The molecule has 2 aromatic carbocycles. The monoisotopic (exact) mass is 414 g/mol. The topological polar surface area (TPSA) is 44.7 Å². The highest BCUT2D eigenvalue weighted by Crippen LogP contribution is 2.22. The molecule has 164 valence electrons. The van der Waals surface area contributed by atoms with Crippen LogP contribution in [0, 0.1) is 5.82 Å². The SMILES string of the molecule is CN(C[C@H](O)COc1ccccc1CNCCc1cccc(F)c1)C1CCCCC1. The number of benzene rings is 2. The number of halogens is 1. The van der Waals surface area contributed by atoms with Gasteiger partial charge in [0.25, 0.3) is 0 Å². The largest absolute Gasteiger partial charge is 0.491 e. The molecule has 2 N–H and O–H groups in total. The predicted molar refractivity (Wildman–Crippen MR) is 119 cm³/mol. The van der Waals surface area contributed by atoms with Crippen LogP contribution >= 0.6 is 0 Å². The number of nitrogens with one attached hydrogen (secondary N) is 1. The molecule has 0 aliphatic heterocycles. The lowest BCUT2D eigenvalue weighted by Gasteiger charge is -2.32. The number of para-hydroxylation sites is 1. The number of hydrogen-bond acceptors (Lipinski definition) is 4. The number of nitrogens with zero attached hydrogens (tertiary/aromatic N) is 1. The van der Waals surface area contributed by atoms with Gasteiger partial charge in [0.1, 0.15) is 24.3 Å². The Morgan fingerprint density at radius 2 is 1.93 bits per heavy atom. The summed E-state index contributed by atoms with van der Waals surface area (Å²) < 4.78 is 19.2. The molecule has 1 aliphatic carbocycles. The Kier molecular flexibility index (Phi) is 9.12. The van der Waals surface area contributed by atoms with Crippen molar-refractivity contribution >= 4 is 0 Å². The van der Waals surface area contributed by atoms with Gasteiger partial charge in [0, 0.05) is 24.7 Å². The van der Waals surface area contributed by atoms with Crippen molar-refractivity contribution in [2.75, 3.05) is 26.7 Å². The van der Waals surface area contributed by atoms with Crippen LogP contribution in [0.25, 0.3) is 0 Å². The van der Waals surface area contributed by atoms with Gasteiger partial charge in [-0.15, -0.1) is 0 Å². The maximum absolute atomic E-state index is 13.3. The van der Waals surface area contributed by atoms with Crippen molar-refractivity contribution in [3.05, 3.63) is 65.5 Å². The third-order valence-electron chi connectivity index (χ3n) is 5.90. The molecule has 5 heteroatoms. The molecule has 0 unspecified atom stereocenters. The quantitative estimate of drug-likeness (QED) is 0.542. The highest BCUT2D eigenvalue weighted by molar-refractivity contribution is 5.33. The van der Waals surface area contributed by atoms with E-state index in [1.807, 2.05) is 30.3 Å². The van der Waals surface area contributed by atoms with E-state index in [1.54, 1.807) is 12.1 Å². The van der Waals surface area contributed by atoms with Gasteiger partial charge in [-0.3, -0.25) is 0 Å². The van der Waals surface area contributed by atoms with Gasteiger partial charge in [0.2, 0.25) is 0 Å². The van der Waals surface area contributed by atoms with Crippen molar-refractivity contribution in [3.63, 3.8) is 0 Å². The first kappa shape index (κ1) is 22.7. The van der Waals surface area contributed by atoms with E-state index < -0.39 is 6.10 Å². The molecule has 0 heterocycles. The van der Waals surface area contributed by atoms with Crippen molar-refractivity contribution in [2.45, 2.75) is 57.2 Å². The van der Waals surface area contributed by atoms with Crippen LogP contribution in [0.3, 0.4) is 0 Å². The van der Waals surface area contributed by atoms with Crippen molar-refractivity contribution in [2.24, 2.45) is 0 Å². The highest BCUT2D eigenvalue weighted by atomic mass is 19.1. The second-order valence-corrected chi connectivity index (χ2v) is 8.36. The van der Waals surface area contributed by atoms with Gasteiger partial charge >= 0.3 is 0 Å². The summed E-state index contributed by atoms with van der Waals surface area (Å²) in [4.78, 5) is 2.28. The van der Waals surface area contributed by atoms with Gasteiger partial charge in [0.15, 0.2) is 0 Å². The zero-order chi connectivity index (χ0) is 21.2. The lowest BCUT2D eigenvalue weighted by Crippen LogP contribution is -2.40. The lowest BCUT2D eigenvalue weighted by atomic mass is 9.94. The van der Waals surface area contributed by atoms with Gasteiger partial charge in [-0.25, -0.2) is 4.39 Å². The minimum Gasteiger partial charge on any atom is -0.491 e. The predicted octanol–water partition coefficient (Wildman–Crippen LogP) is 4.16. The average Bonchev–Trinajstić information content (AvgIpc) is 2.76. The zero-order valence-corrected chi connectivity index (χ0v) is 18.0. The third kappa shape index (κ3) is 7.38. The fraction of sp³-hybridized carbons (Fsp3) is 0.520. The molecule has 0 bridgehead atoms. The standard InChI is InChI=1S/C25H35FN2O2/c1-28(23-11-3-2-4-12-23)18-24(29)19-30-25-13-6-5-9-21(25)17-27-15-14-20-8-7-10-22(26)16-20/h5-10,13,16,23-24,27,29H,2-4,11-12,14-15,17-19H2,1H3/t24-/m0/s1. The number of aliphatic hydroxyl groups excluding tert-OH is 1. The molecule has 0 saturated heterocycles. The Hall–Kier alpha value is -1.95. The number of ether oxygens (including phenoxy) is 1. The Labute approximate surface area is 180 Å². The highest BCUT2D eigenvalue weighted by Gasteiger charge is 2.20. The summed E-state index contributed by atoms with van der Waals surface area (Å²) in [6, 6.07) is 15.2. The molecule has 0 spiro atoms. The molecule has 0 amide bonds. The van der Waals surface area contributed by atoms with E-state index in [4.69, 9.17) is 4.74 Å². The molecule has 4 nitrogen and oxygen atoms in total. The van der Waals surface area contributed by atoms with Gasteiger partial charge < -0.3 is 20.1 Å². The normalized spacial score (nSPS) is 16.0. The molecule has 0 aromatic heterocycles. The first-order chi connectivity index (χ1) is 14.6. The minimum atomic E-state index is -0.508. The molecule has 0 radical (unpaired) electrons. The van der Waals surface area contributed by atoms with E-state index in [0.29, 0.717) is 19.1 Å². The van der Waals surface area contributed by atoms with Gasteiger partial charge in [-0.05, 0) is 56.6 Å². The molecule has 30 heavy (non-hydrogen) atoms. The average molecular weight is 415 g/mol. The number of hydrogen-bond donors (Lipinski definition) is 2. The van der Waals surface area contributed by atoms with E-state index in [2.05, 4.69) is 17.3 Å². The summed E-state index contributed by atoms with van der Waals surface area (Å²) in [5, 5.41) is 13.9. The van der Waals surface area contributed by atoms with Crippen LogP contribution in [0.2, 0.25) is 0 Å². The van der Waals surface area contributed by atoms with E-state index >= 15 is 0 Å². The lowest BCUT2D eigenvalue weighted by molar-refractivity contribution is 0.0558. The maximum atomic E-state index is 13.3. The zero-order valence-electron chi connectivity index (χ0n) is 18.0. The second-order valence-electron chi connectivity index (χ2n) is 8.36. The number of aliphatic hydroxyl groups is 1. The molecule has 1 atom stereocenters. The number of likely N-dealkylation sites (N-methyl/N-ethyl adjacent to an activating group) is 1. The van der Waals surface area contributed by atoms with E-state index in [1.165, 1.54) is 38.2 Å². The van der Waals surface area contributed by atoms with E-state index in [0.717, 1.165) is 29.8 Å². The van der Waals surface area contributed by atoms with Crippen LogP contribution in [0.15, 0.2) is 48.5 Å². The summed E-state index contributed by atoms with van der Waals surface area (Å²) in [7, 11) is 2.11. The van der Waals surface area contributed by atoms with Crippen LogP contribution < -0.4 is 10.1 Å². The summed E-state index contributed by atoms with van der Waals surface area (Å²) in [6.45, 7) is 2.35. The van der Waals surface area contributed by atoms with E-state index in [9.17, 15) is 9.50 Å². The molecule has 3 rings (SSSR count). The maximum Gasteiger partial charge on any atom is 0.123 e. The molecular weight excluding hydrogens is 379 g/mol. The fourth-order valence-corrected chi connectivity index (χ4v) is 4.18. The molecule has 1 saturated carbocycles. The Bertz CT molecular complexity index is 764. The summed E-state index contributed by atoms with van der Waals surface area (Å²) in [6.07, 6.45) is 6.65. The fourth-order valence-electron chi connectivity index (χ4n) is 4.18. The van der Waals surface area contributed by atoms with Crippen molar-refractivity contribution in [1.82, 2.24) is 10.2 Å². The number of rotatable bonds is 11. The molecule has 2 aromatic rings. The second kappa shape index (κ2) is 12.0. The van der Waals surface area contributed by atoms with Crippen LogP contribution in [0.4, 0.5) is 4.39 Å². The van der Waals surface area contributed by atoms with Crippen molar-refractivity contribution in [3.8, 4) is 5.75 Å². The third-order valence-corrected chi connectivity index (χ3v) is 5.90. The van der Waals surface area contributed by atoms with Gasteiger partial charge in [0.05, 0.1) is 0 Å². The van der Waals surface area contributed by atoms with Crippen LogP contribution in [0.1, 0.15) is 43.2 Å². The molecular formula is C25H35FN2O2. The summed E-state index contributed by atoms with van der Waals surface area (Å²) in [5.74, 6) is 0.606. The van der Waals surface area contributed by atoms with Crippen LogP contribution in [-0.2, 0) is 13.0 Å². The van der Waals surface area contributed by atoms with Gasteiger partial charge in [-0.2, -0.15) is 0 Å². The van der Waals surface area contributed by atoms with Crippen molar-refractivity contribution in [1.29, 1.82) is 0 Å². The first-order valence-electron chi connectivity index (χ1n) is 11.2. The summed E-state index contributed by atoms with van der Waals surface area (Å²) in [5.41, 5.74) is 2.04. The van der Waals surface area contributed by atoms with Gasteiger partial charge in [-0.1, -0.05) is 49.6 Å². The first-order valence-corrected chi connectivity index (χ1v) is 11.2. The van der Waals surface area contributed by atoms with Crippen molar-refractivity contribution < 1.29 is 14.2 Å². The summed E-state index contributed by atoms with van der Waals surface area (Å²) >= 11 is 0. The molecule has 1 aliphatic rings.